The molecule has 3 N–H and O–H groups in total. The van der Waals surface area contributed by atoms with Crippen molar-refractivity contribution in [2.75, 3.05) is 33.9 Å². The van der Waals surface area contributed by atoms with Crippen molar-refractivity contribution in [1.82, 2.24) is 15.0 Å². The summed E-state index contributed by atoms with van der Waals surface area (Å²) in [6, 6.07) is 12.8. The number of fused-ring (bicyclic) bond motifs is 6. The summed E-state index contributed by atoms with van der Waals surface area (Å²) in [5.41, 5.74) is 3.79. The van der Waals surface area contributed by atoms with Crippen LogP contribution >= 0.6 is 11.6 Å². The number of aromatic nitrogens is 3. The summed E-state index contributed by atoms with van der Waals surface area (Å²) in [6.45, 7) is 0.906. The smallest absolute Gasteiger partial charge is 0.370 e. The second-order valence-corrected chi connectivity index (χ2v) is 11.5. The molecule has 45 heavy (non-hydrogen) atoms. The van der Waals surface area contributed by atoms with Gasteiger partial charge in [-0.05, 0) is 85.2 Å². The van der Waals surface area contributed by atoms with Gasteiger partial charge >= 0.3 is 6.18 Å². The molecule has 0 saturated carbocycles. The second kappa shape index (κ2) is 12.6. The van der Waals surface area contributed by atoms with Crippen LogP contribution in [0.1, 0.15) is 41.5 Å². The summed E-state index contributed by atoms with van der Waals surface area (Å²) in [7, 11) is 0. The average Bonchev–Trinajstić information content (AvgIpc) is 3.02. The number of piperidine rings is 1. The molecular formula is C32H28ClF3N8O. The molecule has 0 aliphatic carbocycles. The van der Waals surface area contributed by atoms with Crippen molar-refractivity contribution >= 4 is 52.0 Å². The summed E-state index contributed by atoms with van der Waals surface area (Å²) in [4.78, 5) is 28.1. The van der Waals surface area contributed by atoms with Crippen molar-refractivity contribution in [1.29, 1.82) is 5.26 Å². The zero-order valence-electron chi connectivity index (χ0n) is 24.0. The third-order valence-electron chi connectivity index (χ3n) is 8.00. The lowest BCUT2D eigenvalue weighted by atomic mass is 9.92. The summed E-state index contributed by atoms with van der Waals surface area (Å²) in [6.07, 6.45) is 3.31. The molecule has 6 bridgehead atoms. The molecule has 230 valence electrons. The Labute approximate surface area is 262 Å². The maximum Gasteiger partial charge on any atom is 0.416 e. The number of halogens is 4. The van der Waals surface area contributed by atoms with E-state index in [1.165, 1.54) is 12.3 Å². The van der Waals surface area contributed by atoms with E-state index in [1.54, 1.807) is 17.3 Å². The number of alkyl halides is 3. The van der Waals surface area contributed by atoms with E-state index in [1.807, 2.05) is 30.3 Å². The molecule has 1 amide bonds. The molecule has 4 aromatic rings. The van der Waals surface area contributed by atoms with Gasteiger partial charge in [-0.3, -0.25) is 9.78 Å². The van der Waals surface area contributed by atoms with Gasteiger partial charge in [-0.25, -0.2) is 4.98 Å². The number of nitrogens with one attached hydrogen (secondary N) is 3. The molecular weight excluding hydrogens is 605 g/mol. The Morgan fingerprint density at radius 2 is 1.87 bits per heavy atom. The van der Waals surface area contributed by atoms with E-state index >= 15 is 0 Å². The lowest BCUT2D eigenvalue weighted by molar-refractivity contribution is -0.137. The molecule has 2 aromatic carbocycles. The van der Waals surface area contributed by atoms with Crippen LogP contribution in [0.25, 0.3) is 0 Å². The van der Waals surface area contributed by atoms with Gasteiger partial charge in [-0.2, -0.15) is 23.4 Å². The Balaban J connectivity index is 1.15. The van der Waals surface area contributed by atoms with E-state index in [9.17, 15) is 23.2 Å². The number of nitrogens with zero attached hydrogens (tertiary/aromatic N) is 5. The first kappa shape index (κ1) is 30.1. The van der Waals surface area contributed by atoms with Crippen LogP contribution in [0.15, 0.2) is 61.1 Å². The van der Waals surface area contributed by atoms with Gasteiger partial charge in [0.25, 0.3) is 0 Å². The molecule has 0 radical (unpaired) electrons. The van der Waals surface area contributed by atoms with Crippen molar-refractivity contribution < 1.29 is 18.0 Å². The number of anilines is 6. The minimum Gasteiger partial charge on any atom is -0.370 e. The average molecular weight is 633 g/mol. The molecule has 2 aromatic heterocycles. The number of hydrogen-bond donors (Lipinski definition) is 3. The van der Waals surface area contributed by atoms with E-state index in [0.29, 0.717) is 61.2 Å². The number of aryl methyl sites for hydroxylation is 2. The number of rotatable bonds is 4. The molecule has 1 fully saturated rings. The largest absolute Gasteiger partial charge is 0.416 e. The van der Waals surface area contributed by atoms with Crippen molar-refractivity contribution in [3.05, 3.63) is 88.3 Å². The monoisotopic (exact) mass is 632 g/mol. The van der Waals surface area contributed by atoms with Gasteiger partial charge in [0.2, 0.25) is 11.9 Å². The summed E-state index contributed by atoms with van der Waals surface area (Å²) in [5, 5.41) is 19.3. The molecule has 2 aliphatic rings. The first-order chi connectivity index (χ1) is 21.6. The van der Waals surface area contributed by atoms with Crippen LogP contribution in [0.4, 0.5) is 47.7 Å². The van der Waals surface area contributed by atoms with Crippen LogP contribution in [-0.4, -0.2) is 33.9 Å². The quantitative estimate of drug-likeness (QED) is 0.215. The number of amides is 1. The zero-order valence-corrected chi connectivity index (χ0v) is 24.7. The molecule has 2 aliphatic heterocycles. The predicted molar refractivity (Wildman–Crippen MR) is 166 cm³/mol. The van der Waals surface area contributed by atoms with Crippen LogP contribution in [0.5, 0.6) is 0 Å². The number of carbonyl (C=O) groups is 1. The maximum atomic E-state index is 13.3. The molecule has 6 rings (SSSR count). The zero-order chi connectivity index (χ0) is 31.6. The highest BCUT2D eigenvalue weighted by atomic mass is 35.5. The Kier molecular flexibility index (Phi) is 8.45. The van der Waals surface area contributed by atoms with Crippen LogP contribution < -0.4 is 20.9 Å². The fourth-order valence-corrected chi connectivity index (χ4v) is 5.80. The van der Waals surface area contributed by atoms with Crippen molar-refractivity contribution in [2.45, 2.75) is 38.3 Å². The van der Waals surface area contributed by atoms with E-state index in [-0.39, 0.29) is 29.5 Å². The lowest BCUT2D eigenvalue weighted by Crippen LogP contribution is -2.35. The summed E-state index contributed by atoms with van der Waals surface area (Å²) in [5.74, 6) is 0.717. The first-order valence-corrected chi connectivity index (χ1v) is 14.8. The van der Waals surface area contributed by atoms with Crippen molar-refractivity contribution in [3.63, 3.8) is 0 Å². The van der Waals surface area contributed by atoms with E-state index < -0.39 is 11.7 Å². The normalized spacial score (nSPS) is 15.0. The first-order valence-electron chi connectivity index (χ1n) is 14.4. The molecule has 0 spiro atoms. The minimum absolute atomic E-state index is 0.0546. The Morgan fingerprint density at radius 3 is 2.64 bits per heavy atom. The highest BCUT2D eigenvalue weighted by Crippen LogP contribution is 2.35. The number of pyridine rings is 1. The Bertz CT molecular complexity index is 1780. The molecule has 4 heterocycles. The van der Waals surface area contributed by atoms with Crippen LogP contribution in [0.2, 0.25) is 5.02 Å². The highest BCUT2D eigenvalue weighted by Gasteiger charge is 2.32. The maximum absolute atomic E-state index is 13.3. The van der Waals surface area contributed by atoms with Gasteiger partial charge in [-0.15, -0.1) is 0 Å². The Morgan fingerprint density at radius 1 is 1.04 bits per heavy atom. The summed E-state index contributed by atoms with van der Waals surface area (Å²) < 4.78 is 39.9. The second-order valence-electron chi connectivity index (χ2n) is 11.1. The lowest BCUT2D eigenvalue weighted by Gasteiger charge is -2.34. The van der Waals surface area contributed by atoms with Gasteiger partial charge in [-0.1, -0.05) is 11.6 Å². The van der Waals surface area contributed by atoms with Crippen molar-refractivity contribution in [3.8, 4) is 6.07 Å². The van der Waals surface area contributed by atoms with Crippen LogP contribution in [-0.2, 0) is 23.8 Å². The molecule has 1 saturated heterocycles. The van der Waals surface area contributed by atoms with E-state index in [2.05, 4.69) is 30.9 Å². The molecule has 0 atom stereocenters. The van der Waals surface area contributed by atoms with Gasteiger partial charge < -0.3 is 20.9 Å². The van der Waals surface area contributed by atoms with Crippen LogP contribution in [0.3, 0.4) is 0 Å². The van der Waals surface area contributed by atoms with Crippen LogP contribution in [0, 0.1) is 17.2 Å². The fraction of sp³-hybridized carbons (Fsp3) is 0.281. The Hall–Kier alpha value is -4.89. The van der Waals surface area contributed by atoms with Gasteiger partial charge in [0.05, 0.1) is 34.9 Å². The molecule has 13 heteroatoms. The number of nitriles is 1. The third-order valence-corrected chi connectivity index (χ3v) is 8.27. The van der Waals surface area contributed by atoms with E-state index in [0.717, 1.165) is 34.6 Å². The summed E-state index contributed by atoms with van der Waals surface area (Å²) >= 11 is 6.36. The standard InChI is InChI=1S/C32H28ClF3N8O/c33-26-18-39-31-41-25-11-20(16-38-17-25)1-2-21-13-24(40-30(26)43-31)5-6-27(21)42-29(45)12-19-7-9-44(10-8-19)28-14-23(32(34,35)36)4-3-22(28)15-37/h3-6,11,13-14,16-19H,1-2,7-10,12H2,(H,42,45)(H2,39,40,41,43). The minimum atomic E-state index is -4.49. The number of benzene rings is 2. The highest BCUT2D eigenvalue weighted by molar-refractivity contribution is 6.32. The number of carbonyl (C=O) groups excluding carboxylic acids is 1. The van der Waals surface area contributed by atoms with Gasteiger partial charge in [0.15, 0.2) is 5.82 Å². The number of hydrogen-bond acceptors (Lipinski definition) is 8. The van der Waals surface area contributed by atoms with Gasteiger partial charge in [0, 0.05) is 37.1 Å². The third kappa shape index (κ3) is 7.10. The SMILES string of the molecule is N#Cc1ccc(C(F)(F)F)cc1N1CCC(CC(=O)Nc2ccc3cc2CCc2cncc(c2)Nc2ncc(Cl)c(n2)N3)CC1. The topological polar surface area (TPSA) is 119 Å². The fourth-order valence-electron chi connectivity index (χ4n) is 5.66. The molecule has 9 nitrogen and oxygen atoms in total. The van der Waals surface area contributed by atoms with E-state index in [4.69, 9.17) is 11.6 Å². The predicted octanol–water partition coefficient (Wildman–Crippen LogP) is 7.25. The van der Waals surface area contributed by atoms with Gasteiger partial charge in [0.1, 0.15) is 11.1 Å². The van der Waals surface area contributed by atoms with Crippen molar-refractivity contribution in [2.24, 2.45) is 5.92 Å². The molecule has 0 unspecified atom stereocenters.